The highest BCUT2D eigenvalue weighted by Crippen LogP contribution is 2.37. The molecular formula is C32H33F8N7O4. The Kier molecular flexibility index (Phi) is 11.5. The molecule has 3 aromatic heterocycles. The van der Waals surface area contributed by atoms with Crippen LogP contribution in [0.4, 0.5) is 46.8 Å². The third-order valence-electron chi connectivity index (χ3n) is 8.44. The second-order valence-corrected chi connectivity index (χ2v) is 12.1. The summed E-state index contributed by atoms with van der Waals surface area (Å²) in [7, 11) is 1.41. The number of nitrogens with one attached hydrogen (secondary N) is 3. The van der Waals surface area contributed by atoms with Crippen molar-refractivity contribution in [3.05, 3.63) is 59.0 Å². The summed E-state index contributed by atoms with van der Waals surface area (Å²) in [6, 6.07) is 5.11. The maximum Gasteiger partial charge on any atom is 0.457 e. The Balaban J connectivity index is 1.33. The second-order valence-electron chi connectivity index (χ2n) is 12.1. The fourth-order valence-electron chi connectivity index (χ4n) is 5.95. The second kappa shape index (κ2) is 15.6. The molecule has 5 rings (SSSR count). The van der Waals surface area contributed by atoms with Crippen molar-refractivity contribution in [3.8, 4) is 5.88 Å². The zero-order chi connectivity index (χ0) is 36.9. The molecule has 4 aromatic rings. The van der Waals surface area contributed by atoms with Gasteiger partial charge in [0.1, 0.15) is 5.52 Å². The summed E-state index contributed by atoms with van der Waals surface area (Å²) >= 11 is 0. The number of alkyl halides is 8. The van der Waals surface area contributed by atoms with Crippen LogP contribution >= 0.6 is 0 Å². The molecule has 0 atom stereocenters. The average molecular weight is 732 g/mol. The molecule has 1 aromatic carbocycles. The Labute approximate surface area is 285 Å². The molecule has 11 nitrogen and oxygen atoms in total. The predicted molar refractivity (Wildman–Crippen MR) is 166 cm³/mol. The summed E-state index contributed by atoms with van der Waals surface area (Å²) in [6.07, 6.45) is -8.19. The summed E-state index contributed by atoms with van der Waals surface area (Å²) in [4.78, 5) is 34.1. The number of pyridine rings is 1. The smallest absolute Gasteiger partial charge is 0.457 e. The molecule has 0 saturated heterocycles. The van der Waals surface area contributed by atoms with Crippen molar-refractivity contribution < 1.29 is 54.0 Å². The van der Waals surface area contributed by atoms with E-state index in [1.54, 1.807) is 5.32 Å². The summed E-state index contributed by atoms with van der Waals surface area (Å²) in [5.41, 5.74) is -1.24. The topological polar surface area (TPSA) is 136 Å². The van der Waals surface area contributed by atoms with E-state index in [2.05, 4.69) is 25.8 Å². The van der Waals surface area contributed by atoms with Gasteiger partial charge < -0.3 is 19.9 Å². The Bertz CT molecular complexity index is 1820. The van der Waals surface area contributed by atoms with Gasteiger partial charge >= 0.3 is 12.5 Å². The lowest BCUT2D eigenvalue weighted by molar-refractivity contribution is -0.166. The van der Waals surface area contributed by atoms with Gasteiger partial charge in [-0.2, -0.15) is 31.3 Å². The first-order chi connectivity index (χ1) is 24.1. The van der Waals surface area contributed by atoms with Crippen molar-refractivity contribution in [2.24, 2.45) is 13.0 Å². The molecule has 0 unspecified atom stereocenters. The van der Waals surface area contributed by atoms with Gasteiger partial charge in [0.25, 0.3) is 12.3 Å². The summed E-state index contributed by atoms with van der Waals surface area (Å²) < 4.78 is 117. The Hall–Kier alpha value is -4.81. The fourth-order valence-corrected chi connectivity index (χ4v) is 5.95. The van der Waals surface area contributed by atoms with Crippen molar-refractivity contribution in [2.45, 2.75) is 76.4 Å². The van der Waals surface area contributed by atoms with Crippen LogP contribution in [0.1, 0.15) is 77.0 Å². The highest BCUT2D eigenvalue weighted by atomic mass is 19.4. The van der Waals surface area contributed by atoms with Crippen LogP contribution in [0.2, 0.25) is 0 Å². The molecule has 3 heterocycles. The molecular weight excluding hydrogens is 698 g/mol. The lowest BCUT2D eigenvalue weighted by atomic mass is 9.83. The number of carbonyl (C=O) groups excluding carboxylic acids is 2. The van der Waals surface area contributed by atoms with Gasteiger partial charge in [0, 0.05) is 32.1 Å². The maximum atomic E-state index is 14.0. The minimum atomic E-state index is -4.79. The van der Waals surface area contributed by atoms with Crippen molar-refractivity contribution in [2.75, 3.05) is 11.9 Å². The van der Waals surface area contributed by atoms with Crippen LogP contribution in [0, 0.1) is 5.92 Å². The number of hydrogen-bond donors (Lipinski definition) is 3. The van der Waals surface area contributed by atoms with E-state index in [1.807, 2.05) is 0 Å². The molecule has 1 saturated carbocycles. The van der Waals surface area contributed by atoms with E-state index in [0.717, 1.165) is 6.07 Å². The first-order valence-corrected chi connectivity index (χ1v) is 15.9. The molecule has 276 valence electrons. The number of fused-ring (bicyclic) bond motifs is 1. The van der Waals surface area contributed by atoms with E-state index in [4.69, 9.17) is 9.26 Å². The number of ether oxygens (including phenoxy) is 1. The molecule has 3 N–H and O–H groups in total. The molecule has 0 spiro atoms. The first kappa shape index (κ1) is 37.4. The molecule has 1 aliphatic carbocycles. The van der Waals surface area contributed by atoms with Gasteiger partial charge in [0.15, 0.2) is 18.0 Å². The standard InChI is InChI=1S/C32H33F8N7O4/c1-47-27-23(44-30(47)43-22-13-18(7-10-21(22)31(35,36)37)15-41-28(49)25-11-12-42-51-25)14-20(29(45-27)50-16-26(33)34)24(48)4-2-3-17-5-8-19(9-6-17)46-32(38,39)40/h7,10-14,17,19,26,46H,2-6,8-9,15-16H2,1H3,(H,41,49)(H,43,44). The number of carbonyl (C=O) groups is 2. The van der Waals surface area contributed by atoms with Crippen LogP contribution in [0.15, 0.2) is 41.1 Å². The van der Waals surface area contributed by atoms with Gasteiger partial charge in [-0.25, -0.2) is 19.1 Å². The zero-order valence-corrected chi connectivity index (χ0v) is 27.0. The number of aromatic nitrogens is 4. The van der Waals surface area contributed by atoms with Gasteiger partial charge in [-0.15, -0.1) is 0 Å². The van der Waals surface area contributed by atoms with Crippen molar-refractivity contribution in [1.82, 2.24) is 30.3 Å². The molecule has 0 bridgehead atoms. The minimum absolute atomic E-state index is 0.0200. The number of imidazole rings is 1. The van der Waals surface area contributed by atoms with E-state index in [9.17, 15) is 44.7 Å². The molecule has 0 aliphatic heterocycles. The lowest BCUT2D eigenvalue weighted by Crippen LogP contribution is -2.42. The number of hydrogen-bond acceptors (Lipinski definition) is 9. The zero-order valence-electron chi connectivity index (χ0n) is 27.0. The number of Topliss-reactive ketones (excluding diaryl/α,β-unsaturated/α-hetero) is 1. The SMILES string of the molecule is Cn1c(Nc2cc(CNC(=O)c3ccno3)ccc2C(F)(F)F)nc2cc(C(=O)CCCC3CCC(NC(F)(F)F)CC3)c(OCC(F)F)nc21. The molecule has 0 radical (unpaired) electrons. The third-order valence-corrected chi connectivity index (χ3v) is 8.44. The maximum absolute atomic E-state index is 14.0. The molecule has 1 fully saturated rings. The molecule has 1 aliphatic rings. The number of anilines is 2. The number of aryl methyl sites for hydroxylation is 1. The monoisotopic (exact) mass is 731 g/mol. The lowest BCUT2D eigenvalue weighted by Gasteiger charge is -2.29. The summed E-state index contributed by atoms with van der Waals surface area (Å²) in [5, 5.41) is 10.2. The van der Waals surface area contributed by atoms with E-state index in [-0.39, 0.29) is 52.9 Å². The highest BCUT2D eigenvalue weighted by Gasteiger charge is 2.35. The quantitative estimate of drug-likeness (QED) is 0.0693. The van der Waals surface area contributed by atoms with Crippen molar-refractivity contribution >= 4 is 34.5 Å². The van der Waals surface area contributed by atoms with Gasteiger partial charge in [0.2, 0.25) is 17.6 Å². The van der Waals surface area contributed by atoms with Crippen LogP contribution in [0.5, 0.6) is 5.88 Å². The highest BCUT2D eigenvalue weighted by molar-refractivity contribution is 6.00. The summed E-state index contributed by atoms with van der Waals surface area (Å²) in [6.45, 7) is -1.24. The number of halogens is 8. The number of nitrogens with zero attached hydrogens (tertiary/aromatic N) is 4. The normalized spacial score (nSPS) is 16.8. The first-order valence-electron chi connectivity index (χ1n) is 15.9. The van der Waals surface area contributed by atoms with Gasteiger partial charge in [-0.3, -0.25) is 14.2 Å². The predicted octanol–water partition coefficient (Wildman–Crippen LogP) is 7.31. The molecule has 51 heavy (non-hydrogen) atoms. The van der Waals surface area contributed by atoms with Gasteiger partial charge in [0.05, 0.1) is 23.0 Å². The Morgan fingerprint density at radius 1 is 1.04 bits per heavy atom. The molecule has 19 heteroatoms. The summed E-state index contributed by atoms with van der Waals surface area (Å²) in [5.74, 6) is -1.64. The van der Waals surface area contributed by atoms with Gasteiger partial charge in [-0.05, 0) is 61.8 Å². The number of amides is 1. The largest absolute Gasteiger partial charge is 0.471 e. The van der Waals surface area contributed by atoms with E-state index >= 15 is 0 Å². The van der Waals surface area contributed by atoms with E-state index in [0.29, 0.717) is 38.5 Å². The van der Waals surface area contributed by atoms with Crippen LogP contribution in [-0.2, 0) is 19.8 Å². The van der Waals surface area contributed by atoms with E-state index in [1.165, 1.54) is 42.1 Å². The third kappa shape index (κ3) is 9.92. The minimum Gasteiger partial charge on any atom is -0.471 e. The van der Waals surface area contributed by atoms with E-state index < -0.39 is 60.4 Å². The van der Waals surface area contributed by atoms with Crippen LogP contribution in [0.25, 0.3) is 11.2 Å². The molecule has 1 amide bonds. The fraction of sp³-hybridized carbons (Fsp3) is 0.469. The van der Waals surface area contributed by atoms with Crippen LogP contribution in [-0.4, -0.2) is 56.8 Å². The number of rotatable bonds is 14. The van der Waals surface area contributed by atoms with Crippen molar-refractivity contribution in [1.29, 1.82) is 0 Å². The van der Waals surface area contributed by atoms with Crippen LogP contribution in [0.3, 0.4) is 0 Å². The Morgan fingerprint density at radius 3 is 2.43 bits per heavy atom. The Morgan fingerprint density at radius 2 is 1.78 bits per heavy atom. The average Bonchev–Trinajstić information content (AvgIpc) is 3.70. The van der Waals surface area contributed by atoms with Crippen LogP contribution < -0.4 is 20.7 Å². The number of ketones is 1. The van der Waals surface area contributed by atoms with Gasteiger partial charge in [-0.1, -0.05) is 17.6 Å². The van der Waals surface area contributed by atoms with Crippen molar-refractivity contribution in [3.63, 3.8) is 0 Å². The number of benzene rings is 1.